The Morgan fingerprint density at radius 2 is 1.78 bits per heavy atom. The molecule has 2 unspecified atom stereocenters. The summed E-state index contributed by atoms with van der Waals surface area (Å²) >= 11 is 0. The number of benzene rings is 1. The van der Waals surface area contributed by atoms with Crippen molar-refractivity contribution in [3.63, 3.8) is 0 Å². The minimum Gasteiger partial charge on any atom is -0.497 e. The highest BCUT2D eigenvalue weighted by Crippen LogP contribution is 2.34. The Kier molecular flexibility index (Phi) is 3.43. The zero-order valence-corrected chi connectivity index (χ0v) is 10.8. The third kappa shape index (κ3) is 2.13. The van der Waals surface area contributed by atoms with Gasteiger partial charge in [-0.05, 0) is 17.7 Å². The van der Waals surface area contributed by atoms with Crippen LogP contribution in [0.15, 0.2) is 18.2 Å². The summed E-state index contributed by atoms with van der Waals surface area (Å²) in [6.07, 6.45) is 0.376. The van der Waals surface area contributed by atoms with Crippen molar-refractivity contribution in [2.24, 2.45) is 5.73 Å². The summed E-state index contributed by atoms with van der Waals surface area (Å²) in [5, 5.41) is 0. The minimum absolute atomic E-state index is 0.0642. The second kappa shape index (κ2) is 4.86. The topological polar surface area (TPSA) is 64.8 Å². The maximum atomic E-state index is 11.7. The highest BCUT2D eigenvalue weighted by atomic mass is 16.5. The molecule has 0 bridgehead atoms. The van der Waals surface area contributed by atoms with E-state index in [1.54, 1.807) is 32.2 Å². The van der Waals surface area contributed by atoms with Crippen LogP contribution in [0.5, 0.6) is 11.5 Å². The lowest BCUT2D eigenvalue weighted by Crippen LogP contribution is -2.30. The van der Waals surface area contributed by atoms with Crippen molar-refractivity contribution < 1.29 is 14.3 Å². The average Bonchev–Trinajstić information content (AvgIpc) is 2.62. The number of amides is 1. The van der Waals surface area contributed by atoms with E-state index < -0.39 is 0 Å². The number of hydrogen-bond donors (Lipinski definition) is 1. The fraction of sp³-hybridized carbons (Fsp3) is 0.462. The maximum absolute atomic E-state index is 11.7. The lowest BCUT2D eigenvalue weighted by atomic mass is 10.0. The molecule has 1 amide bonds. The molecule has 0 radical (unpaired) electrons. The molecule has 0 aromatic heterocycles. The standard InChI is InChI=1S/C13H18N2O3/c1-15-12(16)7-11(14)13(15)8-4-9(17-2)6-10(5-8)18-3/h4-6,11,13H,7,14H2,1-3H3. The van der Waals surface area contributed by atoms with Crippen LogP contribution in [-0.2, 0) is 4.79 Å². The summed E-state index contributed by atoms with van der Waals surface area (Å²) in [6.45, 7) is 0. The molecule has 0 saturated carbocycles. The Labute approximate surface area is 106 Å². The molecule has 1 saturated heterocycles. The third-order valence-corrected chi connectivity index (χ3v) is 3.34. The molecule has 5 nitrogen and oxygen atoms in total. The van der Waals surface area contributed by atoms with Crippen LogP contribution in [-0.4, -0.2) is 38.1 Å². The van der Waals surface area contributed by atoms with Crippen LogP contribution in [0.25, 0.3) is 0 Å². The van der Waals surface area contributed by atoms with E-state index in [1.807, 2.05) is 12.1 Å². The van der Waals surface area contributed by atoms with Crippen LogP contribution in [0.3, 0.4) is 0 Å². The predicted octanol–water partition coefficient (Wildman–Crippen LogP) is 0.934. The number of nitrogens with zero attached hydrogens (tertiary/aromatic N) is 1. The minimum atomic E-state index is -0.195. The summed E-state index contributed by atoms with van der Waals surface area (Å²) in [5.74, 6) is 1.46. The molecule has 1 aromatic carbocycles. The van der Waals surface area contributed by atoms with Gasteiger partial charge in [0.1, 0.15) is 11.5 Å². The second-order valence-electron chi connectivity index (χ2n) is 4.46. The van der Waals surface area contributed by atoms with Crippen LogP contribution in [0.1, 0.15) is 18.0 Å². The Bertz CT molecular complexity index is 439. The molecule has 2 atom stereocenters. The summed E-state index contributed by atoms with van der Waals surface area (Å²) in [6, 6.07) is 5.26. The first kappa shape index (κ1) is 12.7. The van der Waals surface area contributed by atoms with Gasteiger partial charge in [0.15, 0.2) is 0 Å². The number of hydrogen-bond acceptors (Lipinski definition) is 4. The molecule has 1 heterocycles. The highest BCUT2D eigenvalue weighted by molar-refractivity contribution is 5.80. The fourth-order valence-corrected chi connectivity index (χ4v) is 2.37. The zero-order chi connectivity index (χ0) is 13.3. The van der Waals surface area contributed by atoms with Crippen LogP contribution < -0.4 is 15.2 Å². The van der Waals surface area contributed by atoms with E-state index in [0.717, 1.165) is 5.56 Å². The summed E-state index contributed by atoms with van der Waals surface area (Å²) in [5.41, 5.74) is 6.97. The Morgan fingerprint density at radius 3 is 2.17 bits per heavy atom. The van der Waals surface area contributed by atoms with Gasteiger partial charge in [0.2, 0.25) is 5.91 Å². The van der Waals surface area contributed by atoms with Crippen LogP contribution in [0, 0.1) is 0 Å². The molecule has 98 valence electrons. The molecule has 2 rings (SSSR count). The number of methoxy groups -OCH3 is 2. The quantitative estimate of drug-likeness (QED) is 0.867. The van der Waals surface area contributed by atoms with Gasteiger partial charge < -0.3 is 20.1 Å². The number of nitrogens with two attached hydrogens (primary N) is 1. The number of rotatable bonds is 3. The molecule has 1 aliphatic heterocycles. The first-order chi connectivity index (χ1) is 8.56. The molecule has 0 aliphatic carbocycles. The molecule has 18 heavy (non-hydrogen) atoms. The number of ether oxygens (including phenoxy) is 2. The monoisotopic (exact) mass is 250 g/mol. The lowest BCUT2D eigenvalue weighted by Gasteiger charge is -2.24. The Morgan fingerprint density at radius 1 is 1.22 bits per heavy atom. The summed E-state index contributed by atoms with van der Waals surface area (Å²) in [4.78, 5) is 13.3. The van der Waals surface area contributed by atoms with Crippen molar-refractivity contribution in [3.05, 3.63) is 23.8 Å². The second-order valence-corrected chi connectivity index (χ2v) is 4.46. The van der Waals surface area contributed by atoms with Gasteiger partial charge in [-0.3, -0.25) is 4.79 Å². The first-order valence-electron chi connectivity index (χ1n) is 5.81. The molecule has 1 aliphatic rings. The molecule has 0 spiro atoms. The Hall–Kier alpha value is -1.75. The number of carbonyl (C=O) groups is 1. The molecular weight excluding hydrogens is 232 g/mol. The first-order valence-corrected chi connectivity index (χ1v) is 5.81. The fourth-order valence-electron chi connectivity index (χ4n) is 2.37. The number of carbonyl (C=O) groups excluding carboxylic acids is 1. The maximum Gasteiger partial charge on any atom is 0.224 e. The average molecular weight is 250 g/mol. The van der Waals surface area contributed by atoms with Gasteiger partial charge in [-0.2, -0.15) is 0 Å². The SMILES string of the molecule is COc1cc(OC)cc(C2C(N)CC(=O)N2C)c1. The van der Waals surface area contributed by atoms with Crippen molar-refractivity contribution in [1.29, 1.82) is 0 Å². The van der Waals surface area contributed by atoms with E-state index in [2.05, 4.69) is 0 Å². The van der Waals surface area contributed by atoms with Crippen molar-refractivity contribution >= 4 is 5.91 Å². The summed E-state index contributed by atoms with van der Waals surface area (Å²) < 4.78 is 10.5. The van der Waals surface area contributed by atoms with E-state index in [9.17, 15) is 4.79 Å². The zero-order valence-electron chi connectivity index (χ0n) is 10.8. The molecule has 5 heteroatoms. The molecular formula is C13H18N2O3. The Balaban J connectivity index is 2.40. The predicted molar refractivity (Wildman–Crippen MR) is 67.6 cm³/mol. The highest BCUT2D eigenvalue weighted by Gasteiger charge is 2.36. The number of likely N-dealkylation sites (N-methyl/N-ethyl adjacent to an activating group) is 1. The third-order valence-electron chi connectivity index (χ3n) is 3.34. The van der Waals surface area contributed by atoms with Gasteiger partial charge >= 0.3 is 0 Å². The van der Waals surface area contributed by atoms with Gasteiger partial charge in [0.25, 0.3) is 0 Å². The van der Waals surface area contributed by atoms with E-state index in [0.29, 0.717) is 17.9 Å². The normalized spacial score (nSPS) is 23.3. The van der Waals surface area contributed by atoms with Gasteiger partial charge in [-0.25, -0.2) is 0 Å². The smallest absolute Gasteiger partial charge is 0.224 e. The molecule has 2 N–H and O–H groups in total. The molecule has 1 fully saturated rings. The van der Waals surface area contributed by atoms with Crippen LogP contribution in [0.4, 0.5) is 0 Å². The van der Waals surface area contributed by atoms with Gasteiger partial charge in [0.05, 0.1) is 20.3 Å². The van der Waals surface area contributed by atoms with Crippen molar-refractivity contribution in [3.8, 4) is 11.5 Å². The van der Waals surface area contributed by atoms with Crippen molar-refractivity contribution in [2.75, 3.05) is 21.3 Å². The van der Waals surface area contributed by atoms with Crippen molar-refractivity contribution in [2.45, 2.75) is 18.5 Å². The largest absolute Gasteiger partial charge is 0.497 e. The van der Waals surface area contributed by atoms with E-state index in [1.165, 1.54) is 0 Å². The van der Waals surface area contributed by atoms with Gasteiger partial charge in [0, 0.05) is 25.6 Å². The van der Waals surface area contributed by atoms with E-state index in [-0.39, 0.29) is 18.0 Å². The van der Waals surface area contributed by atoms with Gasteiger partial charge in [-0.1, -0.05) is 0 Å². The summed E-state index contributed by atoms with van der Waals surface area (Å²) in [7, 11) is 4.97. The van der Waals surface area contributed by atoms with E-state index in [4.69, 9.17) is 15.2 Å². The van der Waals surface area contributed by atoms with Crippen LogP contribution in [0.2, 0.25) is 0 Å². The van der Waals surface area contributed by atoms with E-state index >= 15 is 0 Å². The lowest BCUT2D eigenvalue weighted by molar-refractivity contribution is -0.127. The number of likely N-dealkylation sites (tertiary alicyclic amines) is 1. The van der Waals surface area contributed by atoms with Crippen LogP contribution >= 0.6 is 0 Å². The van der Waals surface area contributed by atoms with Crippen molar-refractivity contribution in [1.82, 2.24) is 4.90 Å². The molecule has 1 aromatic rings. The van der Waals surface area contributed by atoms with Gasteiger partial charge in [-0.15, -0.1) is 0 Å².